The summed E-state index contributed by atoms with van der Waals surface area (Å²) in [7, 11) is 4.65. The number of para-hydroxylation sites is 1. The molecule has 6 nitrogen and oxygen atoms in total. The van der Waals surface area contributed by atoms with E-state index < -0.39 is 0 Å². The number of nitrogens with zero attached hydrogens (tertiary/aromatic N) is 1. The van der Waals surface area contributed by atoms with Gasteiger partial charge in [0, 0.05) is 18.5 Å². The maximum atomic E-state index is 11.7. The normalized spacial score (nSPS) is 16.0. The van der Waals surface area contributed by atoms with Crippen LogP contribution in [0.4, 0.5) is 0 Å². The number of benzene rings is 2. The lowest BCUT2D eigenvalue weighted by atomic mass is 9.87. The van der Waals surface area contributed by atoms with Gasteiger partial charge in [-0.15, -0.1) is 0 Å². The average molecular weight is 357 g/mol. The van der Waals surface area contributed by atoms with E-state index in [0.29, 0.717) is 30.7 Å². The molecule has 0 radical (unpaired) electrons. The number of phenols is 1. The Balaban J connectivity index is 2.11. The van der Waals surface area contributed by atoms with E-state index in [1.807, 2.05) is 30.3 Å². The summed E-state index contributed by atoms with van der Waals surface area (Å²) < 4.78 is 16.1. The summed E-state index contributed by atoms with van der Waals surface area (Å²) in [5.74, 6) is 1.54. The first-order valence-electron chi connectivity index (χ1n) is 8.44. The second-order valence-electron chi connectivity index (χ2n) is 6.16. The van der Waals surface area contributed by atoms with Crippen LogP contribution in [0.2, 0.25) is 0 Å². The molecular weight excluding hydrogens is 334 g/mol. The third kappa shape index (κ3) is 3.03. The van der Waals surface area contributed by atoms with Crippen LogP contribution >= 0.6 is 0 Å². The number of hydrogen-bond acceptors (Lipinski definition) is 5. The van der Waals surface area contributed by atoms with Gasteiger partial charge in [-0.05, 0) is 29.7 Å². The summed E-state index contributed by atoms with van der Waals surface area (Å²) in [5, 5.41) is 10.9. The number of carbonyl (C=O) groups excluding carboxylic acids is 1. The lowest BCUT2D eigenvalue weighted by Crippen LogP contribution is -2.35. The number of carbonyl (C=O) groups is 1. The molecule has 0 saturated heterocycles. The minimum Gasteiger partial charge on any atom is -0.504 e. The van der Waals surface area contributed by atoms with Gasteiger partial charge < -0.3 is 24.2 Å². The number of hydrogen-bond donors (Lipinski definition) is 1. The van der Waals surface area contributed by atoms with Crippen LogP contribution < -0.4 is 14.2 Å². The molecule has 2 aromatic carbocycles. The monoisotopic (exact) mass is 357 g/mol. The maximum Gasteiger partial charge on any atom is 0.210 e. The summed E-state index contributed by atoms with van der Waals surface area (Å²) in [6, 6.07) is 9.26. The largest absolute Gasteiger partial charge is 0.504 e. The second-order valence-corrected chi connectivity index (χ2v) is 6.16. The molecule has 1 atom stereocenters. The average Bonchev–Trinajstić information content (AvgIpc) is 2.68. The predicted molar refractivity (Wildman–Crippen MR) is 97.1 cm³/mol. The van der Waals surface area contributed by atoms with Crippen molar-refractivity contribution in [2.75, 3.05) is 27.9 Å². The van der Waals surface area contributed by atoms with Crippen LogP contribution in [-0.4, -0.2) is 44.3 Å². The molecule has 26 heavy (non-hydrogen) atoms. The molecule has 138 valence electrons. The lowest BCUT2D eigenvalue weighted by molar-refractivity contribution is -0.120. The van der Waals surface area contributed by atoms with Gasteiger partial charge in [0.15, 0.2) is 11.5 Å². The van der Waals surface area contributed by atoms with Gasteiger partial charge in [0.1, 0.15) is 5.75 Å². The van der Waals surface area contributed by atoms with E-state index in [1.165, 1.54) is 14.2 Å². The Morgan fingerprint density at radius 2 is 1.88 bits per heavy atom. The van der Waals surface area contributed by atoms with Crippen LogP contribution in [0.15, 0.2) is 30.3 Å². The zero-order chi connectivity index (χ0) is 18.7. The summed E-state index contributed by atoms with van der Waals surface area (Å²) in [4.78, 5) is 13.4. The van der Waals surface area contributed by atoms with Crippen molar-refractivity contribution in [3.05, 3.63) is 47.0 Å². The molecule has 1 aliphatic rings. The topological polar surface area (TPSA) is 68.2 Å². The van der Waals surface area contributed by atoms with Crippen molar-refractivity contribution in [2.45, 2.75) is 18.9 Å². The number of methoxy groups -OCH3 is 3. The van der Waals surface area contributed by atoms with E-state index in [4.69, 9.17) is 14.2 Å². The SMILES string of the molecule is COc1ccccc1CC1c2c(cc(OC)c(OC)c2O)CCN1C=O. The van der Waals surface area contributed by atoms with Crippen molar-refractivity contribution >= 4 is 6.41 Å². The zero-order valence-corrected chi connectivity index (χ0v) is 15.2. The predicted octanol–water partition coefficient (Wildman–Crippen LogP) is 2.72. The van der Waals surface area contributed by atoms with Gasteiger partial charge in [0.2, 0.25) is 12.2 Å². The third-order valence-electron chi connectivity index (χ3n) is 4.88. The Bertz CT molecular complexity index is 805. The first-order valence-corrected chi connectivity index (χ1v) is 8.44. The second kappa shape index (κ2) is 7.56. The van der Waals surface area contributed by atoms with Gasteiger partial charge in [-0.2, -0.15) is 0 Å². The Kier molecular flexibility index (Phi) is 5.21. The van der Waals surface area contributed by atoms with Crippen LogP contribution in [0.25, 0.3) is 0 Å². The first kappa shape index (κ1) is 17.9. The molecule has 1 N–H and O–H groups in total. The molecule has 0 saturated carbocycles. The number of aromatic hydroxyl groups is 1. The van der Waals surface area contributed by atoms with Crippen LogP contribution in [0.1, 0.15) is 22.7 Å². The molecule has 0 fully saturated rings. The van der Waals surface area contributed by atoms with Gasteiger partial charge in [-0.3, -0.25) is 4.79 Å². The fourth-order valence-electron chi connectivity index (χ4n) is 3.62. The molecule has 0 aromatic heterocycles. The van der Waals surface area contributed by atoms with E-state index in [0.717, 1.165) is 23.3 Å². The van der Waals surface area contributed by atoms with Crippen molar-refractivity contribution in [3.8, 4) is 23.0 Å². The Hall–Kier alpha value is -2.89. The minimum absolute atomic E-state index is 0.0216. The molecule has 2 aromatic rings. The van der Waals surface area contributed by atoms with E-state index >= 15 is 0 Å². The van der Waals surface area contributed by atoms with Crippen molar-refractivity contribution in [3.63, 3.8) is 0 Å². The van der Waals surface area contributed by atoms with Gasteiger partial charge in [0.05, 0.1) is 27.4 Å². The highest BCUT2D eigenvalue weighted by molar-refractivity contribution is 5.62. The molecule has 6 heteroatoms. The Morgan fingerprint density at radius 3 is 2.54 bits per heavy atom. The van der Waals surface area contributed by atoms with Crippen LogP contribution in [0.5, 0.6) is 23.0 Å². The number of rotatable bonds is 6. The van der Waals surface area contributed by atoms with E-state index in [-0.39, 0.29) is 17.5 Å². The highest BCUT2D eigenvalue weighted by Gasteiger charge is 2.33. The van der Waals surface area contributed by atoms with Gasteiger partial charge in [0.25, 0.3) is 0 Å². The Morgan fingerprint density at radius 1 is 1.15 bits per heavy atom. The van der Waals surface area contributed by atoms with Gasteiger partial charge >= 0.3 is 0 Å². The smallest absolute Gasteiger partial charge is 0.210 e. The quantitative estimate of drug-likeness (QED) is 0.805. The van der Waals surface area contributed by atoms with Crippen LogP contribution in [0.3, 0.4) is 0 Å². The summed E-state index contributed by atoms with van der Waals surface area (Å²) in [6.45, 7) is 0.575. The van der Waals surface area contributed by atoms with Crippen LogP contribution in [-0.2, 0) is 17.6 Å². The van der Waals surface area contributed by atoms with Gasteiger partial charge in [-0.1, -0.05) is 18.2 Å². The third-order valence-corrected chi connectivity index (χ3v) is 4.88. The van der Waals surface area contributed by atoms with Crippen LogP contribution in [0, 0.1) is 0 Å². The van der Waals surface area contributed by atoms with E-state index in [9.17, 15) is 9.90 Å². The molecule has 1 aliphatic heterocycles. The van der Waals surface area contributed by atoms with Crippen molar-refractivity contribution in [2.24, 2.45) is 0 Å². The summed E-state index contributed by atoms with van der Waals surface area (Å²) in [6.07, 6.45) is 2.00. The minimum atomic E-state index is -0.313. The molecule has 0 spiro atoms. The Labute approximate surface area is 152 Å². The molecular formula is C20H23NO5. The molecule has 1 unspecified atom stereocenters. The van der Waals surface area contributed by atoms with E-state index in [2.05, 4.69) is 0 Å². The molecule has 1 heterocycles. The lowest BCUT2D eigenvalue weighted by Gasteiger charge is -2.36. The zero-order valence-electron chi connectivity index (χ0n) is 15.2. The van der Waals surface area contributed by atoms with E-state index in [1.54, 1.807) is 12.0 Å². The van der Waals surface area contributed by atoms with Crippen molar-refractivity contribution < 1.29 is 24.1 Å². The fourth-order valence-corrected chi connectivity index (χ4v) is 3.62. The molecule has 0 aliphatic carbocycles. The molecule has 3 rings (SSSR count). The number of phenolic OH excluding ortho intramolecular Hbond substituents is 1. The number of amides is 1. The van der Waals surface area contributed by atoms with Crippen molar-refractivity contribution in [1.82, 2.24) is 4.90 Å². The standard InChI is InChI=1S/C20H23NO5/c1-24-16-7-5-4-6-13(16)10-15-18-14(8-9-21(15)12-22)11-17(25-2)20(26-3)19(18)23/h4-7,11-12,15,23H,8-10H2,1-3H3. The van der Waals surface area contributed by atoms with Gasteiger partial charge in [-0.25, -0.2) is 0 Å². The maximum absolute atomic E-state index is 11.7. The number of ether oxygens (including phenoxy) is 3. The molecule has 0 bridgehead atoms. The number of fused-ring (bicyclic) bond motifs is 1. The molecule has 1 amide bonds. The summed E-state index contributed by atoms with van der Waals surface area (Å²) >= 11 is 0. The first-order chi connectivity index (χ1) is 12.6. The summed E-state index contributed by atoms with van der Waals surface area (Å²) in [5.41, 5.74) is 2.62. The fraction of sp³-hybridized carbons (Fsp3) is 0.350. The van der Waals surface area contributed by atoms with Crippen molar-refractivity contribution in [1.29, 1.82) is 0 Å². The highest BCUT2D eigenvalue weighted by Crippen LogP contribution is 2.47. The highest BCUT2D eigenvalue weighted by atomic mass is 16.5.